The lowest BCUT2D eigenvalue weighted by molar-refractivity contribution is -0.122. The van der Waals surface area contributed by atoms with Gasteiger partial charge in [0.1, 0.15) is 5.57 Å². The second-order valence-electron chi connectivity index (χ2n) is 6.31. The molecule has 4 amide bonds. The van der Waals surface area contributed by atoms with E-state index in [-0.39, 0.29) is 16.3 Å². The van der Waals surface area contributed by atoms with E-state index in [1.807, 2.05) is 0 Å². The summed E-state index contributed by atoms with van der Waals surface area (Å²) in [6.45, 7) is 3.84. The van der Waals surface area contributed by atoms with Gasteiger partial charge in [-0.05, 0) is 55.3 Å². The van der Waals surface area contributed by atoms with Crippen LogP contribution in [0.25, 0.3) is 6.08 Å². The molecule has 1 saturated heterocycles. The number of rotatable bonds is 5. The highest BCUT2D eigenvalue weighted by atomic mass is 35.5. The summed E-state index contributed by atoms with van der Waals surface area (Å²) in [5.41, 5.74) is 1.01. The van der Waals surface area contributed by atoms with E-state index in [9.17, 15) is 14.4 Å². The largest absolute Gasteiger partial charge is 0.491 e. The number of urea groups is 1. The molecule has 1 aliphatic rings. The number of halogens is 2. The van der Waals surface area contributed by atoms with Crippen LogP contribution in [0.5, 0.6) is 11.5 Å². The summed E-state index contributed by atoms with van der Waals surface area (Å²) in [6, 6.07) is 7.10. The molecule has 0 unspecified atom stereocenters. The Labute approximate surface area is 183 Å². The van der Waals surface area contributed by atoms with Gasteiger partial charge in [0, 0.05) is 5.02 Å². The van der Waals surface area contributed by atoms with Gasteiger partial charge in [-0.3, -0.25) is 14.9 Å². The monoisotopic (exact) mass is 448 g/mol. The second-order valence-corrected chi connectivity index (χ2v) is 7.12. The molecule has 30 heavy (non-hydrogen) atoms. The third-order valence-electron chi connectivity index (χ3n) is 4.43. The van der Waals surface area contributed by atoms with Gasteiger partial charge >= 0.3 is 6.03 Å². The third-order valence-corrected chi connectivity index (χ3v) is 5.12. The number of imide groups is 2. The fourth-order valence-electron chi connectivity index (χ4n) is 3.01. The average molecular weight is 449 g/mol. The number of ether oxygens (including phenoxy) is 2. The summed E-state index contributed by atoms with van der Waals surface area (Å²) < 4.78 is 10.8. The van der Waals surface area contributed by atoms with E-state index in [1.54, 1.807) is 38.1 Å². The quantitative estimate of drug-likeness (QED) is 0.541. The highest BCUT2D eigenvalue weighted by molar-refractivity contribution is 6.40. The standard InChI is InChI=1S/C21H18Cl2N2O5/c1-4-30-17-10-12(9-15(23)18(17)29-3)8-13-19(26)24-21(28)25(20(13)27)16-7-5-6-14(22)11(16)2/h5-10H,4H2,1-3H3,(H,24,26,28)/b13-8+. The summed E-state index contributed by atoms with van der Waals surface area (Å²) in [4.78, 5) is 38.8. The number of nitrogens with one attached hydrogen (secondary N) is 1. The Morgan fingerprint density at radius 2 is 1.87 bits per heavy atom. The van der Waals surface area contributed by atoms with Crippen molar-refractivity contribution in [2.45, 2.75) is 13.8 Å². The number of amides is 4. The number of benzene rings is 2. The average Bonchev–Trinajstić information content (AvgIpc) is 2.68. The lowest BCUT2D eigenvalue weighted by Crippen LogP contribution is -2.54. The van der Waals surface area contributed by atoms with Crippen molar-refractivity contribution in [1.82, 2.24) is 5.32 Å². The van der Waals surface area contributed by atoms with Crippen LogP contribution >= 0.6 is 23.2 Å². The van der Waals surface area contributed by atoms with E-state index >= 15 is 0 Å². The first-order chi connectivity index (χ1) is 14.3. The molecule has 3 rings (SSSR count). The van der Waals surface area contributed by atoms with Gasteiger partial charge in [0.05, 0.1) is 24.4 Å². The Morgan fingerprint density at radius 3 is 2.53 bits per heavy atom. The van der Waals surface area contributed by atoms with E-state index in [0.717, 1.165) is 4.90 Å². The first kappa shape index (κ1) is 21.7. The number of hydrogen-bond donors (Lipinski definition) is 1. The lowest BCUT2D eigenvalue weighted by atomic mass is 10.1. The minimum Gasteiger partial charge on any atom is -0.491 e. The highest BCUT2D eigenvalue weighted by Crippen LogP contribution is 2.37. The van der Waals surface area contributed by atoms with E-state index in [0.29, 0.717) is 34.3 Å². The maximum atomic E-state index is 13.1. The molecule has 1 N–H and O–H groups in total. The van der Waals surface area contributed by atoms with E-state index in [4.69, 9.17) is 32.7 Å². The lowest BCUT2D eigenvalue weighted by Gasteiger charge is -2.27. The number of carbonyl (C=O) groups excluding carboxylic acids is 3. The predicted octanol–water partition coefficient (Wildman–Crippen LogP) is 4.38. The van der Waals surface area contributed by atoms with Gasteiger partial charge in [-0.2, -0.15) is 0 Å². The van der Waals surface area contributed by atoms with Gasteiger partial charge in [0.15, 0.2) is 11.5 Å². The minimum absolute atomic E-state index is 0.238. The molecule has 0 aromatic heterocycles. The molecule has 1 fully saturated rings. The van der Waals surface area contributed by atoms with Crippen molar-refractivity contribution < 1.29 is 23.9 Å². The number of methoxy groups -OCH3 is 1. The van der Waals surface area contributed by atoms with Crippen molar-refractivity contribution in [3.8, 4) is 11.5 Å². The summed E-state index contributed by atoms with van der Waals surface area (Å²) in [5.74, 6) is -0.891. The topological polar surface area (TPSA) is 84.9 Å². The van der Waals surface area contributed by atoms with Gasteiger partial charge in [-0.15, -0.1) is 0 Å². The number of nitrogens with zero attached hydrogens (tertiary/aromatic N) is 1. The molecule has 0 saturated carbocycles. The third kappa shape index (κ3) is 3.99. The number of carbonyl (C=O) groups is 3. The summed E-state index contributed by atoms with van der Waals surface area (Å²) in [7, 11) is 1.46. The zero-order valence-corrected chi connectivity index (χ0v) is 17.9. The number of anilines is 1. The molecular weight excluding hydrogens is 431 g/mol. The molecular formula is C21H18Cl2N2O5. The smallest absolute Gasteiger partial charge is 0.335 e. The molecule has 2 aromatic rings. The van der Waals surface area contributed by atoms with Gasteiger partial charge < -0.3 is 9.47 Å². The maximum absolute atomic E-state index is 13.1. The molecule has 1 heterocycles. The SMILES string of the molecule is CCOc1cc(/C=C2\C(=O)NC(=O)N(c3cccc(Cl)c3C)C2=O)cc(Cl)c1OC. The molecule has 156 valence electrons. The second kappa shape index (κ2) is 8.77. The molecule has 0 spiro atoms. The van der Waals surface area contributed by atoms with Gasteiger partial charge in [-0.1, -0.05) is 29.3 Å². The highest BCUT2D eigenvalue weighted by Gasteiger charge is 2.37. The fourth-order valence-corrected chi connectivity index (χ4v) is 3.48. The molecule has 9 heteroatoms. The summed E-state index contributed by atoms with van der Waals surface area (Å²) >= 11 is 12.4. The van der Waals surface area contributed by atoms with Crippen LogP contribution in [0.4, 0.5) is 10.5 Å². The van der Waals surface area contributed by atoms with Crippen molar-refractivity contribution in [1.29, 1.82) is 0 Å². The molecule has 1 aliphatic heterocycles. The zero-order valence-electron chi connectivity index (χ0n) is 16.4. The Hall–Kier alpha value is -3.03. The Bertz CT molecular complexity index is 1080. The van der Waals surface area contributed by atoms with Crippen LogP contribution in [0.1, 0.15) is 18.1 Å². The fraction of sp³-hybridized carbons (Fsp3) is 0.190. The molecule has 0 radical (unpaired) electrons. The summed E-state index contributed by atoms with van der Waals surface area (Å²) in [5, 5.41) is 2.81. The van der Waals surface area contributed by atoms with Crippen LogP contribution in [0.3, 0.4) is 0 Å². The van der Waals surface area contributed by atoms with Crippen molar-refractivity contribution in [3.63, 3.8) is 0 Å². The Morgan fingerprint density at radius 1 is 1.13 bits per heavy atom. The van der Waals surface area contributed by atoms with E-state index < -0.39 is 17.8 Å². The zero-order chi connectivity index (χ0) is 22.0. The minimum atomic E-state index is -0.852. The van der Waals surface area contributed by atoms with Crippen molar-refractivity contribution in [2.75, 3.05) is 18.6 Å². The first-order valence-corrected chi connectivity index (χ1v) is 9.71. The van der Waals surface area contributed by atoms with Gasteiger partial charge in [0.25, 0.3) is 11.8 Å². The van der Waals surface area contributed by atoms with Crippen molar-refractivity contribution >= 4 is 52.8 Å². The first-order valence-electron chi connectivity index (χ1n) is 8.95. The van der Waals surface area contributed by atoms with Crippen molar-refractivity contribution in [3.05, 3.63) is 57.1 Å². The van der Waals surface area contributed by atoms with E-state index in [1.165, 1.54) is 19.3 Å². The maximum Gasteiger partial charge on any atom is 0.335 e. The Balaban J connectivity index is 2.08. The summed E-state index contributed by atoms with van der Waals surface area (Å²) in [6.07, 6.45) is 1.34. The van der Waals surface area contributed by atoms with Crippen LogP contribution in [-0.2, 0) is 9.59 Å². The predicted molar refractivity (Wildman–Crippen MR) is 114 cm³/mol. The molecule has 2 aromatic carbocycles. The van der Waals surface area contributed by atoms with Crippen LogP contribution in [0.2, 0.25) is 10.0 Å². The molecule has 0 atom stereocenters. The van der Waals surface area contributed by atoms with Gasteiger partial charge in [-0.25, -0.2) is 9.69 Å². The van der Waals surface area contributed by atoms with Crippen LogP contribution in [-0.4, -0.2) is 31.6 Å². The molecule has 0 aliphatic carbocycles. The van der Waals surface area contributed by atoms with Gasteiger partial charge in [0.2, 0.25) is 0 Å². The van der Waals surface area contributed by atoms with Crippen LogP contribution < -0.4 is 19.7 Å². The number of barbiturate groups is 1. The Kier molecular flexibility index (Phi) is 6.34. The van der Waals surface area contributed by atoms with Crippen LogP contribution in [0, 0.1) is 6.92 Å². The van der Waals surface area contributed by atoms with E-state index in [2.05, 4.69) is 5.32 Å². The van der Waals surface area contributed by atoms with Crippen LogP contribution in [0.15, 0.2) is 35.9 Å². The molecule has 7 nitrogen and oxygen atoms in total. The molecule has 0 bridgehead atoms. The number of hydrogen-bond acceptors (Lipinski definition) is 5. The van der Waals surface area contributed by atoms with Crippen molar-refractivity contribution in [2.24, 2.45) is 0 Å². The normalized spacial score (nSPS) is 15.4.